The zero-order valence-electron chi connectivity index (χ0n) is 28.1. The first kappa shape index (κ1) is 35.2. The molecule has 4 aromatic carbocycles. The van der Waals surface area contributed by atoms with E-state index in [2.05, 4.69) is 5.32 Å². The Morgan fingerprint density at radius 2 is 1.43 bits per heavy atom. The van der Waals surface area contributed by atoms with E-state index in [1.165, 1.54) is 24.1 Å². The van der Waals surface area contributed by atoms with E-state index in [0.717, 1.165) is 32.1 Å². The first-order valence-corrected chi connectivity index (χ1v) is 17.2. The maximum Gasteiger partial charge on any atom is 0.264 e. The van der Waals surface area contributed by atoms with Crippen LogP contribution in [0.4, 0.5) is 5.69 Å². The normalized spacial score (nSPS) is 12.0. The maximum atomic E-state index is 14.7. The minimum Gasteiger partial charge on any atom is -0.495 e. The Balaban J connectivity index is 1.85. The number of nitrogens with one attached hydrogen (secondary N) is 1. The molecule has 0 fully saturated rings. The van der Waals surface area contributed by atoms with Crippen LogP contribution < -0.4 is 14.4 Å². The number of benzene rings is 4. The molecular formula is C38H45N3O5S. The number of sulfonamides is 1. The van der Waals surface area contributed by atoms with E-state index in [1.54, 1.807) is 24.3 Å². The first-order valence-electron chi connectivity index (χ1n) is 15.8. The van der Waals surface area contributed by atoms with Crippen LogP contribution in [0.5, 0.6) is 5.75 Å². The molecular weight excluding hydrogens is 611 g/mol. The van der Waals surface area contributed by atoms with E-state index in [4.69, 9.17) is 4.74 Å². The third-order valence-electron chi connectivity index (χ3n) is 7.88. The summed E-state index contributed by atoms with van der Waals surface area (Å²) in [5.41, 5.74) is 4.65. The first-order chi connectivity index (χ1) is 22.4. The van der Waals surface area contributed by atoms with Gasteiger partial charge < -0.3 is 15.0 Å². The number of methoxy groups -OCH3 is 1. The van der Waals surface area contributed by atoms with Gasteiger partial charge in [0.15, 0.2) is 0 Å². The van der Waals surface area contributed by atoms with Crippen LogP contribution in [-0.2, 0) is 32.6 Å². The van der Waals surface area contributed by atoms with Gasteiger partial charge in [0.05, 0.1) is 17.7 Å². The smallest absolute Gasteiger partial charge is 0.264 e. The van der Waals surface area contributed by atoms with Gasteiger partial charge >= 0.3 is 0 Å². The Bertz CT molecular complexity index is 1770. The molecule has 2 amide bonds. The predicted molar refractivity (Wildman–Crippen MR) is 187 cm³/mol. The van der Waals surface area contributed by atoms with Crippen molar-refractivity contribution in [2.24, 2.45) is 5.92 Å². The van der Waals surface area contributed by atoms with Crippen molar-refractivity contribution in [2.75, 3.05) is 24.5 Å². The van der Waals surface area contributed by atoms with Gasteiger partial charge in [-0.25, -0.2) is 8.42 Å². The molecule has 1 N–H and O–H groups in total. The third-order valence-corrected chi connectivity index (χ3v) is 9.66. The number of anilines is 1. The van der Waals surface area contributed by atoms with Gasteiger partial charge in [-0.15, -0.1) is 0 Å². The van der Waals surface area contributed by atoms with Crippen LogP contribution in [0.15, 0.2) is 102 Å². The molecule has 0 aliphatic rings. The molecule has 0 heterocycles. The quantitative estimate of drug-likeness (QED) is 0.174. The lowest BCUT2D eigenvalue weighted by Gasteiger charge is -2.34. The highest BCUT2D eigenvalue weighted by Crippen LogP contribution is 2.34. The fourth-order valence-corrected chi connectivity index (χ4v) is 6.75. The van der Waals surface area contributed by atoms with Crippen molar-refractivity contribution in [3.8, 4) is 5.75 Å². The van der Waals surface area contributed by atoms with Crippen LogP contribution in [0.2, 0.25) is 0 Å². The summed E-state index contributed by atoms with van der Waals surface area (Å²) in [6, 6.07) is 28.1. The second kappa shape index (κ2) is 15.8. The van der Waals surface area contributed by atoms with Crippen molar-refractivity contribution in [3.63, 3.8) is 0 Å². The van der Waals surface area contributed by atoms with E-state index in [-0.39, 0.29) is 35.4 Å². The SMILES string of the molecule is COc1ccc(C)cc1N(CC(=O)N(Cc1cccc(C)c1)C(Cc1ccccc1)C(=O)NCC(C)C)S(=O)(=O)c1ccc(C)cc1. The van der Waals surface area contributed by atoms with Gasteiger partial charge in [0.2, 0.25) is 11.8 Å². The molecule has 0 aliphatic heterocycles. The molecule has 8 nitrogen and oxygen atoms in total. The molecule has 0 saturated heterocycles. The molecule has 1 unspecified atom stereocenters. The molecule has 0 spiro atoms. The highest BCUT2D eigenvalue weighted by molar-refractivity contribution is 7.92. The topological polar surface area (TPSA) is 96.0 Å². The average molecular weight is 656 g/mol. The standard InChI is InChI=1S/C38H45N3O5S/c1-27(2)24-39-38(43)35(23-31-12-8-7-9-13-31)40(25-32-14-10-11-29(4)21-32)37(42)26-41(34-22-30(5)17-20-36(34)46-6)47(44,45)33-18-15-28(3)16-19-33/h7-22,27,35H,23-26H2,1-6H3,(H,39,43). The summed E-state index contributed by atoms with van der Waals surface area (Å²) < 4.78 is 35.5. The molecule has 9 heteroatoms. The van der Waals surface area contributed by atoms with Gasteiger partial charge in [0, 0.05) is 19.5 Å². The molecule has 0 saturated carbocycles. The fraction of sp³-hybridized carbons (Fsp3) is 0.316. The van der Waals surface area contributed by atoms with Crippen molar-refractivity contribution < 1.29 is 22.7 Å². The maximum absolute atomic E-state index is 14.7. The largest absolute Gasteiger partial charge is 0.495 e. The lowest BCUT2D eigenvalue weighted by Crippen LogP contribution is -2.53. The van der Waals surface area contributed by atoms with Crippen LogP contribution in [0.1, 0.15) is 41.7 Å². The average Bonchev–Trinajstić information content (AvgIpc) is 3.04. The highest BCUT2D eigenvalue weighted by atomic mass is 32.2. The number of ether oxygens (including phenoxy) is 1. The molecule has 47 heavy (non-hydrogen) atoms. The number of rotatable bonds is 14. The van der Waals surface area contributed by atoms with E-state index < -0.39 is 28.5 Å². The molecule has 0 aromatic heterocycles. The van der Waals surface area contributed by atoms with Crippen molar-refractivity contribution >= 4 is 27.5 Å². The number of aryl methyl sites for hydroxylation is 3. The Hall–Kier alpha value is -4.63. The summed E-state index contributed by atoms with van der Waals surface area (Å²) in [6.07, 6.45) is 0.251. The van der Waals surface area contributed by atoms with Gasteiger partial charge in [-0.3, -0.25) is 13.9 Å². The summed E-state index contributed by atoms with van der Waals surface area (Å²) in [4.78, 5) is 30.2. The fourth-order valence-electron chi connectivity index (χ4n) is 5.33. The predicted octanol–water partition coefficient (Wildman–Crippen LogP) is 6.23. The van der Waals surface area contributed by atoms with E-state index in [1.807, 2.05) is 95.3 Å². The number of carbonyl (C=O) groups is 2. The Labute approximate surface area is 279 Å². The van der Waals surface area contributed by atoms with Gasteiger partial charge in [-0.1, -0.05) is 97.8 Å². The van der Waals surface area contributed by atoms with Crippen LogP contribution in [0, 0.1) is 26.7 Å². The molecule has 0 radical (unpaired) electrons. The van der Waals surface area contributed by atoms with Crippen molar-refractivity contribution in [3.05, 3.63) is 125 Å². The molecule has 0 aliphatic carbocycles. The number of amides is 2. The Morgan fingerprint density at radius 1 is 0.787 bits per heavy atom. The molecule has 0 bridgehead atoms. The van der Waals surface area contributed by atoms with Crippen LogP contribution >= 0.6 is 0 Å². The van der Waals surface area contributed by atoms with Crippen molar-refractivity contribution in [2.45, 2.75) is 58.5 Å². The van der Waals surface area contributed by atoms with E-state index >= 15 is 0 Å². The number of carbonyl (C=O) groups excluding carboxylic acids is 2. The van der Waals surface area contributed by atoms with E-state index in [0.29, 0.717) is 12.3 Å². The Morgan fingerprint density at radius 3 is 2.06 bits per heavy atom. The van der Waals surface area contributed by atoms with Crippen LogP contribution in [0.25, 0.3) is 0 Å². The van der Waals surface area contributed by atoms with Crippen molar-refractivity contribution in [1.82, 2.24) is 10.2 Å². The molecule has 248 valence electrons. The minimum atomic E-state index is -4.25. The third kappa shape index (κ3) is 9.23. The summed E-state index contributed by atoms with van der Waals surface area (Å²) in [5, 5.41) is 3.02. The lowest BCUT2D eigenvalue weighted by molar-refractivity contribution is -0.140. The van der Waals surface area contributed by atoms with Gasteiger partial charge in [0.1, 0.15) is 18.3 Å². The van der Waals surface area contributed by atoms with E-state index in [9.17, 15) is 18.0 Å². The summed E-state index contributed by atoms with van der Waals surface area (Å²) in [6.45, 7) is 9.69. The van der Waals surface area contributed by atoms with Gasteiger partial charge in [-0.05, 0) is 67.6 Å². The Kier molecular flexibility index (Phi) is 11.8. The monoisotopic (exact) mass is 655 g/mol. The summed E-state index contributed by atoms with van der Waals surface area (Å²) >= 11 is 0. The highest BCUT2D eigenvalue weighted by Gasteiger charge is 2.35. The minimum absolute atomic E-state index is 0.0419. The number of hydrogen-bond acceptors (Lipinski definition) is 5. The van der Waals surface area contributed by atoms with Crippen LogP contribution in [0.3, 0.4) is 0 Å². The summed E-state index contributed by atoms with van der Waals surface area (Å²) in [5.74, 6) is -0.322. The second-order valence-corrected chi connectivity index (χ2v) is 14.2. The lowest BCUT2D eigenvalue weighted by atomic mass is 10.0. The second-order valence-electron chi connectivity index (χ2n) is 12.4. The zero-order valence-corrected chi connectivity index (χ0v) is 28.9. The number of nitrogens with zero attached hydrogens (tertiary/aromatic N) is 2. The van der Waals surface area contributed by atoms with Gasteiger partial charge in [0.25, 0.3) is 10.0 Å². The van der Waals surface area contributed by atoms with Gasteiger partial charge in [-0.2, -0.15) is 0 Å². The van der Waals surface area contributed by atoms with Crippen molar-refractivity contribution in [1.29, 1.82) is 0 Å². The molecule has 4 aromatic rings. The molecule has 4 rings (SSSR count). The molecule has 1 atom stereocenters. The number of hydrogen-bond donors (Lipinski definition) is 1. The zero-order chi connectivity index (χ0) is 34.1. The van der Waals surface area contributed by atoms with Crippen LogP contribution in [-0.4, -0.2) is 51.4 Å². The summed E-state index contributed by atoms with van der Waals surface area (Å²) in [7, 11) is -2.79.